The van der Waals surface area contributed by atoms with E-state index in [1.807, 2.05) is 11.9 Å². The summed E-state index contributed by atoms with van der Waals surface area (Å²) in [4.78, 5) is 39.6. The van der Waals surface area contributed by atoms with Crippen LogP contribution in [-0.2, 0) is 4.79 Å². The summed E-state index contributed by atoms with van der Waals surface area (Å²) in [6.45, 7) is 3.14. The molecule has 3 aromatic rings. The Morgan fingerprint density at radius 2 is 1.78 bits per heavy atom. The highest BCUT2D eigenvalue weighted by molar-refractivity contribution is 6.05. The van der Waals surface area contributed by atoms with Crippen LogP contribution in [0.5, 0.6) is 5.75 Å². The molecule has 3 N–H and O–H groups in total. The van der Waals surface area contributed by atoms with Crippen LogP contribution in [-0.4, -0.2) is 80.1 Å². The van der Waals surface area contributed by atoms with E-state index >= 15 is 0 Å². The van der Waals surface area contributed by atoms with Crippen LogP contribution in [0.25, 0.3) is 0 Å². The molecule has 1 aromatic heterocycles. The van der Waals surface area contributed by atoms with Gasteiger partial charge in [0.05, 0.1) is 42.1 Å². The molecule has 0 spiro atoms. The maximum atomic E-state index is 15.0. The predicted molar refractivity (Wildman–Crippen MR) is 169 cm³/mol. The lowest BCUT2D eigenvalue weighted by Gasteiger charge is -2.34. The van der Waals surface area contributed by atoms with Gasteiger partial charge in [0.25, 0.3) is 5.91 Å². The highest BCUT2D eigenvalue weighted by Gasteiger charge is 2.49. The monoisotopic (exact) mass is 638 g/mol. The van der Waals surface area contributed by atoms with E-state index in [0.29, 0.717) is 28.5 Å². The smallest absolute Gasteiger partial charge is 0.382 e. The van der Waals surface area contributed by atoms with E-state index in [4.69, 9.17) is 4.74 Å². The van der Waals surface area contributed by atoms with Gasteiger partial charge in [-0.1, -0.05) is 12.8 Å². The van der Waals surface area contributed by atoms with E-state index in [0.717, 1.165) is 56.8 Å². The minimum atomic E-state index is -3.76. The third kappa shape index (κ3) is 6.31. The van der Waals surface area contributed by atoms with E-state index < -0.39 is 29.7 Å². The minimum absolute atomic E-state index is 0.112. The Morgan fingerprint density at radius 3 is 2.48 bits per heavy atom. The number of carbonyl (C=O) groups excluding carboxylic acids is 2. The van der Waals surface area contributed by atoms with Gasteiger partial charge in [0, 0.05) is 44.5 Å². The first kappa shape index (κ1) is 31.5. The average Bonchev–Trinajstić information content (AvgIpc) is 3.57. The van der Waals surface area contributed by atoms with Crippen molar-refractivity contribution in [2.75, 3.05) is 67.8 Å². The van der Waals surface area contributed by atoms with Gasteiger partial charge < -0.3 is 30.1 Å². The van der Waals surface area contributed by atoms with Gasteiger partial charge >= 0.3 is 12.0 Å². The molecule has 1 unspecified atom stereocenters. The highest BCUT2D eigenvalue weighted by Crippen LogP contribution is 2.42. The summed E-state index contributed by atoms with van der Waals surface area (Å²) >= 11 is 0. The number of alkyl halides is 2. The number of anilines is 5. The van der Waals surface area contributed by atoms with Gasteiger partial charge in [-0.3, -0.25) is 9.59 Å². The second-order valence-corrected chi connectivity index (χ2v) is 12.0. The maximum absolute atomic E-state index is 15.0. The zero-order chi connectivity index (χ0) is 32.6. The minimum Gasteiger partial charge on any atom is -0.495 e. The largest absolute Gasteiger partial charge is 0.495 e. The van der Waals surface area contributed by atoms with Crippen LogP contribution in [0.15, 0.2) is 42.6 Å². The first-order valence-corrected chi connectivity index (χ1v) is 15.3. The Bertz CT molecular complexity index is 1630. The summed E-state index contributed by atoms with van der Waals surface area (Å²) in [5.41, 5.74) is 2.03. The number of nitrogens with one attached hydrogen (secondary N) is 3. The number of ether oxygens (including phenoxy) is 1. The second-order valence-electron chi connectivity index (χ2n) is 12.0. The van der Waals surface area contributed by atoms with Gasteiger partial charge in [0.15, 0.2) is 0 Å². The third-order valence-corrected chi connectivity index (χ3v) is 8.99. The van der Waals surface area contributed by atoms with E-state index in [9.17, 15) is 22.8 Å². The molecule has 1 saturated heterocycles. The number of benzene rings is 2. The normalized spacial score (nSPS) is 20.3. The number of aromatic nitrogens is 2. The molecule has 2 amide bonds. The molecule has 1 atom stereocenters. The van der Waals surface area contributed by atoms with Gasteiger partial charge in [0.2, 0.25) is 5.95 Å². The molecule has 14 heteroatoms. The molecule has 3 heterocycles. The molecular formula is C32H37F3N8O3. The van der Waals surface area contributed by atoms with Crippen molar-refractivity contribution in [2.24, 2.45) is 5.92 Å². The summed E-state index contributed by atoms with van der Waals surface area (Å²) in [5, 5.41) is 8.07. The summed E-state index contributed by atoms with van der Waals surface area (Å²) in [6, 6.07) is 4.74. The van der Waals surface area contributed by atoms with Gasteiger partial charge in [-0.25, -0.2) is 19.7 Å². The number of hydrogen-bond donors (Lipinski definition) is 3. The summed E-state index contributed by atoms with van der Waals surface area (Å²) in [7, 11) is 4.76. The Kier molecular flexibility index (Phi) is 8.75. The van der Waals surface area contributed by atoms with Crippen molar-refractivity contribution in [2.45, 2.75) is 37.8 Å². The summed E-state index contributed by atoms with van der Waals surface area (Å²) in [6.07, 6.45) is 4.66. The van der Waals surface area contributed by atoms with Crippen molar-refractivity contribution in [1.29, 1.82) is 0 Å². The molecule has 0 radical (unpaired) electrons. The average molecular weight is 639 g/mol. The SMILES string of the molecule is COc1cc(C(=O)Nc2ccc(N3CCN(C)CC3)c(F)c2)ccc1Nc1ncc2c(n1)C(C1CCCC1)NC(F)(F)C(=O)N2C. The quantitative estimate of drug-likeness (QED) is 0.315. The fourth-order valence-electron chi connectivity index (χ4n) is 6.36. The predicted octanol–water partition coefficient (Wildman–Crippen LogP) is 4.76. The molecule has 1 saturated carbocycles. The van der Waals surface area contributed by atoms with Gasteiger partial charge in [0.1, 0.15) is 11.6 Å². The van der Waals surface area contributed by atoms with E-state index in [2.05, 4.69) is 30.8 Å². The number of methoxy groups -OCH3 is 1. The van der Waals surface area contributed by atoms with Crippen LogP contribution in [0.3, 0.4) is 0 Å². The summed E-state index contributed by atoms with van der Waals surface area (Å²) < 4.78 is 50.2. The van der Waals surface area contributed by atoms with Crippen molar-refractivity contribution >= 4 is 40.5 Å². The molecule has 2 aliphatic heterocycles. The molecule has 46 heavy (non-hydrogen) atoms. The van der Waals surface area contributed by atoms with Crippen molar-refractivity contribution in [3.8, 4) is 5.75 Å². The van der Waals surface area contributed by atoms with Crippen molar-refractivity contribution in [1.82, 2.24) is 20.2 Å². The van der Waals surface area contributed by atoms with Crippen LogP contribution < -0.4 is 30.5 Å². The fourth-order valence-corrected chi connectivity index (χ4v) is 6.36. The number of fused-ring (bicyclic) bond motifs is 1. The molecule has 0 bridgehead atoms. The number of likely N-dealkylation sites (N-methyl/N-ethyl adjacent to an activating group) is 2. The van der Waals surface area contributed by atoms with Crippen molar-refractivity contribution in [3.05, 3.63) is 59.7 Å². The Labute approximate surface area is 265 Å². The third-order valence-electron chi connectivity index (χ3n) is 8.99. The molecule has 11 nitrogen and oxygen atoms in total. The van der Waals surface area contributed by atoms with Gasteiger partial charge in [-0.2, -0.15) is 8.78 Å². The van der Waals surface area contributed by atoms with Crippen LogP contribution >= 0.6 is 0 Å². The van der Waals surface area contributed by atoms with Gasteiger partial charge in [-0.05, 0) is 62.2 Å². The molecule has 6 rings (SSSR count). The fraction of sp³-hybridized carbons (Fsp3) is 0.438. The Hall–Kier alpha value is -4.43. The second kappa shape index (κ2) is 12.8. The van der Waals surface area contributed by atoms with Crippen molar-refractivity contribution < 1.29 is 27.5 Å². The molecular weight excluding hydrogens is 601 g/mol. The lowest BCUT2D eigenvalue weighted by atomic mass is 9.94. The topological polar surface area (TPSA) is 115 Å². The number of nitrogens with zero attached hydrogens (tertiary/aromatic N) is 5. The van der Waals surface area contributed by atoms with E-state index in [-0.39, 0.29) is 23.1 Å². The summed E-state index contributed by atoms with van der Waals surface area (Å²) in [5.74, 6) is -1.95. The number of rotatable bonds is 7. The number of piperazine rings is 1. The van der Waals surface area contributed by atoms with Crippen LogP contribution in [0.4, 0.5) is 41.9 Å². The van der Waals surface area contributed by atoms with Crippen LogP contribution in [0.2, 0.25) is 0 Å². The van der Waals surface area contributed by atoms with E-state index in [1.165, 1.54) is 32.5 Å². The zero-order valence-electron chi connectivity index (χ0n) is 25.9. The zero-order valence-corrected chi connectivity index (χ0v) is 25.9. The molecule has 2 fully saturated rings. The molecule has 3 aliphatic rings. The number of carbonyl (C=O) groups is 2. The highest BCUT2D eigenvalue weighted by atomic mass is 19.3. The van der Waals surface area contributed by atoms with Crippen LogP contribution in [0.1, 0.15) is 47.8 Å². The number of hydrogen-bond acceptors (Lipinski definition) is 9. The number of amides is 2. The number of halogens is 3. The van der Waals surface area contributed by atoms with Crippen molar-refractivity contribution in [3.63, 3.8) is 0 Å². The first-order valence-electron chi connectivity index (χ1n) is 15.3. The lowest BCUT2D eigenvalue weighted by molar-refractivity contribution is -0.148. The molecule has 2 aromatic carbocycles. The Balaban J connectivity index is 1.20. The van der Waals surface area contributed by atoms with Crippen LogP contribution in [0, 0.1) is 11.7 Å². The Morgan fingerprint density at radius 1 is 1.04 bits per heavy atom. The first-order chi connectivity index (χ1) is 22.0. The standard InChI is InChI=1S/C32H37F3N8O3/c1-41-12-14-43(15-13-41)24-11-9-21(17-22(24)33)37-29(44)20-8-10-23(26(16-20)46-3)38-31-36-18-25-28(39-31)27(19-6-4-5-7-19)40-32(34,35)30(45)42(25)2/h8-11,16-19,27,40H,4-7,12-15H2,1-3H3,(H,37,44)(H,36,38,39). The lowest BCUT2D eigenvalue weighted by Crippen LogP contribution is -2.50. The van der Waals surface area contributed by atoms with Gasteiger partial charge in [-0.15, -0.1) is 0 Å². The van der Waals surface area contributed by atoms with E-state index in [1.54, 1.807) is 24.3 Å². The maximum Gasteiger partial charge on any atom is 0.382 e. The molecule has 244 valence electrons. The molecule has 1 aliphatic carbocycles.